The van der Waals surface area contributed by atoms with Gasteiger partial charge in [0.25, 0.3) is 0 Å². The normalized spacial score (nSPS) is 11.2. The van der Waals surface area contributed by atoms with Gasteiger partial charge < -0.3 is 19.9 Å². The molecule has 0 bridgehead atoms. The Morgan fingerprint density at radius 2 is 2.09 bits per heavy atom. The molecule has 0 saturated heterocycles. The van der Waals surface area contributed by atoms with Crippen LogP contribution in [0.1, 0.15) is 11.3 Å². The molecule has 1 aromatic heterocycles. The Labute approximate surface area is 133 Å². The van der Waals surface area contributed by atoms with Crippen LogP contribution in [-0.4, -0.2) is 43.1 Å². The number of ether oxygens (including phenoxy) is 2. The summed E-state index contributed by atoms with van der Waals surface area (Å²) in [6, 6.07) is 4.23. The van der Waals surface area contributed by atoms with Crippen molar-refractivity contribution in [2.24, 2.45) is 0 Å². The molecular formula is C16H19FN2O4. The zero-order valence-electron chi connectivity index (χ0n) is 13.2. The molecule has 0 aliphatic carbocycles. The average molecular weight is 322 g/mol. The molecule has 0 atom stereocenters. The molecule has 1 heterocycles. The van der Waals surface area contributed by atoms with Crippen LogP contribution in [0.5, 0.6) is 0 Å². The molecule has 2 aromatic rings. The van der Waals surface area contributed by atoms with E-state index in [1.54, 1.807) is 13.0 Å². The van der Waals surface area contributed by atoms with E-state index in [2.05, 4.69) is 10.3 Å². The van der Waals surface area contributed by atoms with Gasteiger partial charge in [-0.15, -0.1) is 0 Å². The van der Waals surface area contributed by atoms with E-state index in [0.29, 0.717) is 27.8 Å². The topological polar surface area (TPSA) is 80.7 Å². The monoisotopic (exact) mass is 322 g/mol. The molecule has 2 N–H and O–H groups in total. The second-order valence-electron chi connectivity index (χ2n) is 5.06. The summed E-state index contributed by atoms with van der Waals surface area (Å²) in [5.41, 5.74) is 2.22. The number of aryl methyl sites for hydroxylation is 1. The average Bonchev–Trinajstić information content (AvgIpc) is 2.51. The number of methoxy groups -OCH3 is 2. The number of carboxylic acid groups (broad SMARTS) is 1. The molecule has 0 unspecified atom stereocenters. The minimum atomic E-state index is -0.983. The number of carbonyl (C=O) groups is 1. The molecule has 0 saturated carbocycles. The van der Waals surface area contributed by atoms with Crippen molar-refractivity contribution in [3.05, 3.63) is 35.3 Å². The first-order valence-electron chi connectivity index (χ1n) is 7.06. The first-order valence-corrected chi connectivity index (χ1v) is 7.06. The van der Waals surface area contributed by atoms with E-state index in [-0.39, 0.29) is 13.0 Å². The summed E-state index contributed by atoms with van der Waals surface area (Å²) >= 11 is 0. The number of nitrogens with one attached hydrogen (secondary N) is 1. The second-order valence-corrected chi connectivity index (χ2v) is 5.06. The highest BCUT2D eigenvalue weighted by Gasteiger charge is 2.17. The van der Waals surface area contributed by atoms with Crippen LogP contribution in [0.2, 0.25) is 0 Å². The maximum absolute atomic E-state index is 13.6. The van der Waals surface area contributed by atoms with Crippen LogP contribution < -0.4 is 5.32 Å². The van der Waals surface area contributed by atoms with Crippen LogP contribution in [-0.2, 0) is 20.7 Å². The van der Waals surface area contributed by atoms with E-state index in [1.807, 2.05) is 0 Å². The highest BCUT2D eigenvalue weighted by Crippen LogP contribution is 2.29. The fourth-order valence-electron chi connectivity index (χ4n) is 2.42. The van der Waals surface area contributed by atoms with Crippen molar-refractivity contribution in [3.8, 4) is 0 Å². The molecule has 0 aliphatic rings. The molecule has 0 radical (unpaired) electrons. The van der Waals surface area contributed by atoms with Crippen molar-refractivity contribution in [2.75, 3.05) is 26.1 Å². The van der Waals surface area contributed by atoms with Gasteiger partial charge in [-0.1, -0.05) is 0 Å². The first kappa shape index (κ1) is 17.1. The largest absolute Gasteiger partial charge is 0.481 e. The molecule has 1 aromatic carbocycles. The van der Waals surface area contributed by atoms with Crippen LogP contribution in [0, 0.1) is 12.7 Å². The Morgan fingerprint density at radius 1 is 1.39 bits per heavy atom. The summed E-state index contributed by atoms with van der Waals surface area (Å²) in [6.45, 7) is 2.02. The Bertz CT molecular complexity index is 717. The Hall–Kier alpha value is -2.25. The van der Waals surface area contributed by atoms with Crippen molar-refractivity contribution >= 4 is 22.6 Å². The molecule has 2 rings (SSSR count). The number of nitrogens with zero attached hydrogens (tertiary/aromatic N) is 1. The van der Waals surface area contributed by atoms with Gasteiger partial charge in [0.15, 0.2) is 6.29 Å². The lowest BCUT2D eigenvalue weighted by atomic mass is 10.0. The van der Waals surface area contributed by atoms with Gasteiger partial charge in [0.05, 0.1) is 18.5 Å². The lowest BCUT2D eigenvalue weighted by molar-refractivity contribution is -0.136. The lowest BCUT2D eigenvalue weighted by Gasteiger charge is -2.19. The Morgan fingerprint density at radius 3 is 2.70 bits per heavy atom. The quantitative estimate of drug-likeness (QED) is 0.762. The maximum Gasteiger partial charge on any atom is 0.307 e. The molecule has 23 heavy (non-hydrogen) atoms. The zero-order chi connectivity index (χ0) is 17.0. The van der Waals surface area contributed by atoms with Gasteiger partial charge in [0.2, 0.25) is 0 Å². The summed E-state index contributed by atoms with van der Waals surface area (Å²) in [5, 5.41) is 12.8. The number of anilines is 1. The predicted molar refractivity (Wildman–Crippen MR) is 84.1 cm³/mol. The number of aromatic nitrogens is 1. The number of hydrogen-bond donors (Lipinski definition) is 2. The number of fused-ring (bicyclic) bond motifs is 1. The molecular weight excluding hydrogens is 303 g/mol. The minimum absolute atomic E-state index is 0.210. The summed E-state index contributed by atoms with van der Waals surface area (Å²) in [6.07, 6.45) is -0.720. The van der Waals surface area contributed by atoms with E-state index in [9.17, 15) is 9.18 Å². The molecule has 0 spiro atoms. The SMILES string of the molecule is COC(CNc1c(CC(=O)O)c(C)nc2ccc(F)cc12)OC. The van der Waals surface area contributed by atoms with Crippen LogP contribution in [0.3, 0.4) is 0 Å². The van der Waals surface area contributed by atoms with E-state index in [4.69, 9.17) is 14.6 Å². The van der Waals surface area contributed by atoms with E-state index in [1.165, 1.54) is 26.4 Å². The van der Waals surface area contributed by atoms with Crippen molar-refractivity contribution in [2.45, 2.75) is 19.6 Å². The van der Waals surface area contributed by atoms with E-state index in [0.717, 1.165) is 0 Å². The number of halogens is 1. The highest BCUT2D eigenvalue weighted by molar-refractivity contribution is 5.94. The third kappa shape index (κ3) is 3.94. The third-order valence-corrected chi connectivity index (χ3v) is 3.55. The number of carboxylic acids is 1. The van der Waals surface area contributed by atoms with Gasteiger partial charge in [0, 0.05) is 36.6 Å². The maximum atomic E-state index is 13.6. The van der Waals surface area contributed by atoms with Crippen molar-refractivity contribution in [3.63, 3.8) is 0 Å². The van der Waals surface area contributed by atoms with Crippen molar-refractivity contribution in [1.82, 2.24) is 4.98 Å². The van der Waals surface area contributed by atoms with E-state index < -0.39 is 18.1 Å². The predicted octanol–water partition coefficient (Wildman–Crippen LogP) is 2.34. The Balaban J connectivity index is 2.54. The van der Waals surface area contributed by atoms with Gasteiger partial charge >= 0.3 is 5.97 Å². The highest BCUT2D eigenvalue weighted by atomic mass is 19.1. The fourth-order valence-corrected chi connectivity index (χ4v) is 2.42. The summed E-state index contributed by atoms with van der Waals surface area (Å²) in [5.74, 6) is -1.40. The molecule has 7 heteroatoms. The van der Waals surface area contributed by atoms with Crippen LogP contribution in [0.4, 0.5) is 10.1 Å². The first-order chi connectivity index (χ1) is 11.0. The third-order valence-electron chi connectivity index (χ3n) is 3.55. The van der Waals surface area contributed by atoms with Gasteiger partial charge in [-0.3, -0.25) is 9.78 Å². The number of pyridine rings is 1. The van der Waals surface area contributed by atoms with Gasteiger partial charge in [-0.2, -0.15) is 0 Å². The molecule has 0 fully saturated rings. The lowest BCUT2D eigenvalue weighted by Crippen LogP contribution is -2.24. The van der Waals surface area contributed by atoms with Gasteiger partial charge in [-0.25, -0.2) is 4.39 Å². The number of aliphatic carboxylic acids is 1. The number of benzene rings is 1. The summed E-state index contributed by atoms with van der Waals surface area (Å²) in [7, 11) is 3.01. The smallest absolute Gasteiger partial charge is 0.307 e. The molecule has 6 nitrogen and oxygen atoms in total. The zero-order valence-corrected chi connectivity index (χ0v) is 13.2. The standard InChI is InChI=1S/C16H19FN2O4/c1-9-11(7-14(20)21)16(18-8-15(22-2)23-3)12-6-10(17)4-5-13(12)19-9/h4-6,15H,7-8H2,1-3H3,(H,18,19)(H,20,21). The molecule has 124 valence electrons. The summed E-state index contributed by atoms with van der Waals surface area (Å²) < 4.78 is 23.9. The molecule has 0 amide bonds. The van der Waals surface area contributed by atoms with Gasteiger partial charge in [0.1, 0.15) is 5.82 Å². The summed E-state index contributed by atoms with van der Waals surface area (Å²) in [4.78, 5) is 15.5. The van der Waals surface area contributed by atoms with Crippen LogP contribution in [0.25, 0.3) is 10.9 Å². The van der Waals surface area contributed by atoms with Crippen LogP contribution in [0.15, 0.2) is 18.2 Å². The number of hydrogen-bond acceptors (Lipinski definition) is 5. The second kappa shape index (κ2) is 7.34. The fraction of sp³-hybridized carbons (Fsp3) is 0.375. The minimum Gasteiger partial charge on any atom is -0.481 e. The van der Waals surface area contributed by atoms with E-state index >= 15 is 0 Å². The van der Waals surface area contributed by atoms with Gasteiger partial charge in [-0.05, 0) is 25.1 Å². The number of rotatable bonds is 7. The van der Waals surface area contributed by atoms with Crippen molar-refractivity contribution in [1.29, 1.82) is 0 Å². The Kier molecular flexibility index (Phi) is 5.46. The van der Waals surface area contributed by atoms with Crippen molar-refractivity contribution < 1.29 is 23.8 Å². The van der Waals surface area contributed by atoms with Crippen LogP contribution >= 0.6 is 0 Å². The molecule has 0 aliphatic heterocycles.